The Bertz CT molecular complexity index is 2530. The third kappa shape index (κ3) is 8.62. The molecule has 4 heterocycles. The molecule has 8 rings (SSSR count). The van der Waals surface area contributed by atoms with E-state index in [-0.39, 0.29) is 44.7 Å². The molecule has 1 saturated carbocycles. The lowest BCUT2D eigenvalue weighted by Crippen LogP contribution is -2.58. The fourth-order valence-corrected chi connectivity index (χ4v) is 10.1. The average molecular weight is 873 g/mol. The second-order valence-corrected chi connectivity index (χ2v) is 18.2. The summed E-state index contributed by atoms with van der Waals surface area (Å²) in [4.78, 5) is 64.0. The highest BCUT2D eigenvalue weighted by Gasteiger charge is 2.61. The van der Waals surface area contributed by atoms with Crippen molar-refractivity contribution >= 4 is 50.6 Å². The van der Waals surface area contributed by atoms with Gasteiger partial charge in [0.25, 0.3) is 15.9 Å². The maximum Gasteiger partial charge on any atom is 0.410 e. The van der Waals surface area contributed by atoms with E-state index >= 15 is 0 Å². The van der Waals surface area contributed by atoms with E-state index in [0.29, 0.717) is 42.8 Å². The van der Waals surface area contributed by atoms with E-state index in [1.54, 1.807) is 12.1 Å². The van der Waals surface area contributed by atoms with Gasteiger partial charge in [0, 0.05) is 38.0 Å². The Balaban J connectivity index is 1.08. The molecule has 1 spiro atoms. The van der Waals surface area contributed by atoms with Crippen molar-refractivity contribution in [2.75, 3.05) is 18.4 Å². The van der Waals surface area contributed by atoms with E-state index in [2.05, 4.69) is 27.3 Å². The van der Waals surface area contributed by atoms with Gasteiger partial charge < -0.3 is 24.8 Å². The fourth-order valence-electron chi connectivity index (χ4n) is 8.88. The molecule has 4 N–H and O–H groups in total. The van der Waals surface area contributed by atoms with Gasteiger partial charge >= 0.3 is 6.09 Å². The van der Waals surface area contributed by atoms with Crippen LogP contribution < -0.4 is 20.7 Å². The molecule has 0 radical (unpaired) electrons. The number of nitrogens with one attached hydrogen (secondary N) is 4. The summed E-state index contributed by atoms with van der Waals surface area (Å²) in [5, 5.41) is 9.22. The zero-order chi connectivity index (χ0) is 43.8. The number of amides is 4. The van der Waals surface area contributed by atoms with Gasteiger partial charge in [-0.3, -0.25) is 24.6 Å². The Morgan fingerprint density at radius 1 is 1.03 bits per heavy atom. The predicted octanol–water partition coefficient (Wildman–Crippen LogP) is 4.76. The summed E-state index contributed by atoms with van der Waals surface area (Å²) in [7, 11) is -2.77. The van der Waals surface area contributed by atoms with Crippen molar-refractivity contribution in [2.45, 2.75) is 99.6 Å². The number of halogens is 2. The van der Waals surface area contributed by atoms with Crippen LogP contribution in [0, 0.1) is 17.6 Å². The first-order chi connectivity index (χ1) is 29.8. The Morgan fingerprint density at radius 3 is 2.60 bits per heavy atom. The molecule has 328 valence electrons. The van der Waals surface area contributed by atoms with Gasteiger partial charge in [0.15, 0.2) is 0 Å². The number of imidazole rings is 1. The van der Waals surface area contributed by atoms with Crippen LogP contribution in [0.25, 0.3) is 11.0 Å². The lowest BCUT2D eigenvalue weighted by atomic mass is 10.0. The number of sulfonamides is 1. The Labute approximate surface area is 358 Å². The Morgan fingerprint density at radius 2 is 1.82 bits per heavy atom. The summed E-state index contributed by atoms with van der Waals surface area (Å²) < 4.78 is 66.5. The molecular formula is C44H50F2N8O7S. The van der Waals surface area contributed by atoms with Crippen LogP contribution >= 0.6 is 0 Å². The Hall–Kier alpha value is -5.88. The van der Waals surface area contributed by atoms with E-state index in [1.165, 1.54) is 28.0 Å². The summed E-state index contributed by atoms with van der Waals surface area (Å²) in [6, 6.07) is 13.5. The minimum Gasteiger partial charge on any atom is -0.444 e. The van der Waals surface area contributed by atoms with Gasteiger partial charge in [-0.15, -0.1) is 6.58 Å². The fraction of sp³-hybridized carbons (Fsp3) is 0.432. The average Bonchev–Trinajstić information content (AvgIpc) is 3.50. The highest BCUT2D eigenvalue weighted by molar-refractivity contribution is 7.90. The van der Waals surface area contributed by atoms with E-state index in [4.69, 9.17) is 9.72 Å². The zero-order valence-electron chi connectivity index (χ0n) is 34.4. The maximum atomic E-state index is 14.8. The minimum atomic E-state index is -4.66. The number of carbonyl (C=O) groups is 4. The highest BCUT2D eigenvalue weighted by Crippen LogP contribution is 2.45. The number of ether oxygens (including phenoxy) is 1. The van der Waals surface area contributed by atoms with Gasteiger partial charge in [0.2, 0.25) is 11.8 Å². The van der Waals surface area contributed by atoms with Crippen LogP contribution in [0.5, 0.6) is 0 Å². The monoisotopic (exact) mass is 872 g/mol. The standard InChI is InChI=1S/C44H50F2N8O7S/c1-3-28-22-44(28)42(57)51-62(59,60)38-20-29(45)17-18-34(38)47-19-10-6-4-5-7-15-35(48-23-39-49-33-14-8-9-16-36(33)52(39)2)41(56)54-25-30(21-37(54)40(55)50-44)61-43(58)53-24-27-12-11-13-32(46)31(27)26-53/h3,8-9,11-14,16-18,20,28,30,35,37,47-48H,1,4-7,10,15,19,21-26H2,2H3,(H,50,55)(H,51,57)/t28-,30-,35+,37+,44-/m1/s1. The molecule has 4 aliphatic rings. The number of aryl methyl sites for hydroxylation is 1. The topological polar surface area (TPSA) is 184 Å². The van der Waals surface area contributed by atoms with Gasteiger partial charge in [-0.1, -0.05) is 56.0 Å². The summed E-state index contributed by atoms with van der Waals surface area (Å²) in [6.45, 7) is 4.35. The lowest BCUT2D eigenvalue weighted by molar-refractivity contribution is -0.141. The van der Waals surface area contributed by atoms with Crippen molar-refractivity contribution in [3.63, 3.8) is 0 Å². The number of anilines is 1. The summed E-state index contributed by atoms with van der Waals surface area (Å²) in [6.07, 6.45) is 3.69. The number of para-hydroxylation sites is 2. The van der Waals surface area contributed by atoms with Gasteiger partial charge in [-0.05, 0) is 61.2 Å². The minimum absolute atomic E-state index is 0.00517. The molecule has 1 saturated heterocycles. The van der Waals surface area contributed by atoms with Crippen molar-refractivity contribution in [1.29, 1.82) is 0 Å². The number of aromatic nitrogens is 2. The van der Waals surface area contributed by atoms with E-state index in [0.717, 1.165) is 42.4 Å². The molecule has 5 atom stereocenters. The molecule has 62 heavy (non-hydrogen) atoms. The molecule has 0 bridgehead atoms. The molecule has 3 aliphatic heterocycles. The number of benzene rings is 3. The van der Waals surface area contributed by atoms with Crippen molar-refractivity contribution < 1.29 is 41.1 Å². The van der Waals surface area contributed by atoms with Crippen LogP contribution in [0.3, 0.4) is 0 Å². The van der Waals surface area contributed by atoms with Gasteiger partial charge in [-0.2, -0.15) is 0 Å². The molecule has 0 unspecified atom stereocenters. The Kier molecular flexibility index (Phi) is 12.1. The van der Waals surface area contributed by atoms with E-state index in [9.17, 15) is 36.4 Å². The number of hydrogen-bond donors (Lipinski definition) is 4. The largest absolute Gasteiger partial charge is 0.444 e. The summed E-state index contributed by atoms with van der Waals surface area (Å²) >= 11 is 0. The molecule has 4 aromatic rings. The van der Waals surface area contributed by atoms with Crippen molar-refractivity contribution in [2.24, 2.45) is 13.0 Å². The number of hydrogen-bond acceptors (Lipinski definition) is 10. The molecule has 1 aromatic heterocycles. The quantitative estimate of drug-likeness (QED) is 0.204. The van der Waals surface area contributed by atoms with Gasteiger partial charge in [-0.25, -0.2) is 31.7 Å². The third-order valence-corrected chi connectivity index (χ3v) is 13.9. The van der Waals surface area contributed by atoms with Crippen molar-refractivity contribution in [1.82, 2.24) is 34.7 Å². The molecule has 4 amide bonds. The smallest absolute Gasteiger partial charge is 0.410 e. The first-order valence-electron chi connectivity index (χ1n) is 21.0. The second-order valence-electron chi connectivity index (χ2n) is 16.6. The van der Waals surface area contributed by atoms with Gasteiger partial charge in [0.05, 0.1) is 42.4 Å². The summed E-state index contributed by atoms with van der Waals surface area (Å²) in [5.74, 6) is -3.48. The SMILES string of the molecule is C=C[C@@H]1C[C@@]12NC(=O)[C@@H]1C[C@@H](OC(=O)N3Cc4cccc(F)c4C3)CN1C(=O)[C@@H](NCc1nc3ccccc3n1C)CCCCCCCNc1ccc(F)cc1S(=O)(=O)NC2=O. The van der Waals surface area contributed by atoms with Crippen LogP contribution in [-0.2, 0) is 55.8 Å². The molecular weight excluding hydrogens is 823 g/mol. The van der Waals surface area contributed by atoms with E-state index in [1.807, 2.05) is 35.9 Å². The van der Waals surface area contributed by atoms with E-state index < -0.39 is 80.0 Å². The normalized spacial score (nSPS) is 25.6. The molecule has 2 fully saturated rings. The van der Waals surface area contributed by atoms with Crippen LogP contribution in [-0.4, -0.2) is 88.4 Å². The number of rotatable bonds is 5. The lowest BCUT2D eigenvalue weighted by Gasteiger charge is -2.30. The van der Waals surface area contributed by atoms with Crippen LogP contribution in [0.4, 0.5) is 19.3 Å². The molecule has 3 aromatic carbocycles. The van der Waals surface area contributed by atoms with Crippen molar-refractivity contribution in [3.05, 3.63) is 102 Å². The number of nitrogens with zero attached hydrogens (tertiary/aromatic N) is 4. The molecule has 1 aliphatic carbocycles. The van der Waals surface area contributed by atoms with Gasteiger partial charge in [0.1, 0.15) is 40.0 Å². The second kappa shape index (κ2) is 17.5. The first kappa shape index (κ1) is 42.8. The first-order valence-corrected chi connectivity index (χ1v) is 22.5. The van der Waals surface area contributed by atoms with Crippen LogP contribution in [0.15, 0.2) is 78.2 Å². The number of fused-ring (bicyclic) bond motifs is 4. The van der Waals surface area contributed by atoms with Crippen LogP contribution in [0.1, 0.15) is 68.3 Å². The predicted molar refractivity (Wildman–Crippen MR) is 224 cm³/mol. The molecule has 18 heteroatoms. The number of carbonyl (C=O) groups excluding carboxylic acids is 4. The third-order valence-electron chi connectivity index (χ3n) is 12.5. The maximum absolute atomic E-state index is 14.8. The summed E-state index contributed by atoms with van der Waals surface area (Å²) in [5.41, 5.74) is 1.11. The van der Waals surface area contributed by atoms with Crippen molar-refractivity contribution in [3.8, 4) is 0 Å². The van der Waals surface area contributed by atoms with Crippen LogP contribution in [0.2, 0.25) is 0 Å². The molecule has 15 nitrogen and oxygen atoms in total. The zero-order valence-corrected chi connectivity index (χ0v) is 35.2. The highest BCUT2D eigenvalue weighted by atomic mass is 32.2.